The van der Waals surface area contributed by atoms with E-state index >= 15 is 0 Å². The van der Waals surface area contributed by atoms with Crippen molar-refractivity contribution in [3.8, 4) is 0 Å². The fourth-order valence-corrected chi connectivity index (χ4v) is 2.61. The normalized spacial score (nSPS) is 10.5. The standard InChI is InChI=1S/C19H21FN2O3/c1-3-10-22(11-9-14-5-4-6-15(20)12-14)18(23)17-8-7-16(19(24)25)13(2)21-17/h4-8,12H,3,9-11H2,1-2H3,(H,24,25). The van der Waals surface area contributed by atoms with Gasteiger partial charge < -0.3 is 10.0 Å². The first-order valence-electron chi connectivity index (χ1n) is 8.17. The van der Waals surface area contributed by atoms with E-state index in [0.717, 1.165) is 12.0 Å². The van der Waals surface area contributed by atoms with Crippen LogP contribution in [0.15, 0.2) is 36.4 Å². The fourth-order valence-electron chi connectivity index (χ4n) is 2.61. The Labute approximate surface area is 146 Å². The van der Waals surface area contributed by atoms with Crippen molar-refractivity contribution in [3.05, 3.63) is 64.7 Å². The molecule has 0 aliphatic rings. The molecule has 2 aromatic rings. The van der Waals surface area contributed by atoms with Crippen LogP contribution in [0.4, 0.5) is 4.39 Å². The summed E-state index contributed by atoms with van der Waals surface area (Å²) < 4.78 is 13.3. The molecule has 1 N–H and O–H groups in total. The lowest BCUT2D eigenvalue weighted by atomic mass is 10.1. The Bertz CT molecular complexity index is 777. The van der Waals surface area contributed by atoms with Gasteiger partial charge in [-0.05, 0) is 49.6 Å². The number of nitrogens with zero attached hydrogens (tertiary/aromatic N) is 2. The van der Waals surface area contributed by atoms with Crippen LogP contribution in [-0.4, -0.2) is 40.0 Å². The molecule has 6 heteroatoms. The van der Waals surface area contributed by atoms with Gasteiger partial charge in [0.05, 0.1) is 11.3 Å². The Morgan fingerprint density at radius 3 is 2.56 bits per heavy atom. The highest BCUT2D eigenvalue weighted by atomic mass is 19.1. The molecule has 0 atom stereocenters. The Kier molecular flexibility index (Phi) is 6.22. The van der Waals surface area contributed by atoms with Crippen molar-refractivity contribution >= 4 is 11.9 Å². The molecule has 0 fully saturated rings. The second-order valence-electron chi connectivity index (χ2n) is 5.81. The summed E-state index contributed by atoms with van der Waals surface area (Å²) >= 11 is 0. The number of carboxylic acids is 1. The van der Waals surface area contributed by atoms with E-state index in [0.29, 0.717) is 25.2 Å². The zero-order valence-corrected chi connectivity index (χ0v) is 14.3. The molecule has 5 nitrogen and oxygen atoms in total. The number of aryl methyl sites for hydroxylation is 1. The lowest BCUT2D eigenvalue weighted by molar-refractivity contribution is 0.0691. The van der Waals surface area contributed by atoms with Gasteiger partial charge in [0.15, 0.2) is 0 Å². The molecule has 1 amide bonds. The van der Waals surface area contributed by atoms with Crippen molar-refractivity contribution < 1.29 is 19.1 Å². The van der Waals surface area contributed by atoms with Crippen LogP contribution in [0.1, 0.15) is 45.4 Å². The topological polar surface area (TPSA) is 70.5 Å². The maximum atomic E-state index is 13.3. The molecule has 0 saturated carbocycles. The summed E-state index contributed by atoms with van der Waals surface area (Å²) in [6, 6.07) is 9.14. The second-order valence-corrected chi connectivity index (χ2v) is 5.81. The maximum Gasteiger partial charge on any atom is 0.337 e. The number of halogens is 1. The van der Waals surface area contributed by atoms with E-state index in [1.807, 2.05) is 13.0 Å². The van der Waals surface area contributed by atoms with Crippen LogP contribution < -0.4 is 0 Å². The molecule has 1 aromatic heterocycles. The summed E-state index contributed by atoms with van der Waals surface area (Å²) in [5, 5.41) is 9.06. The first-order chi connectivity index (χ1) is 11.9. The predicted octanol–water partition coefficient (Wildman–Crippen LogP) is 3.32. The van der Waals surface area contributed by atoms with Gasteiger partial charge >= 0.3 is 5.97 Å². The molecule has 1 aromatic carbocycles. The van der Waals surface area contributed by atoms with Gasteiger partial charge in [0.25, 0.3) is 5.91 Å². The van der Waals surface area contributed by atoms with Crippen LogP contribution in [0.2, 0.25) is 0 Å². The number of carbonyl (C=O) groups excluding carboxylic acids is 1. The van der Waals surface area contributed by atoms with Gasteiger partial charge in [-0.1, -0.05) is 19.1 Å². The monoisotopic (exact) mass is 344 g/mol. The molecular formula is C19H21FN2O3. The zero-order valence-electron chi connectivity index (χ0n) is 14.3. The van der Waals surface area contributed by atoms with E-state index in [9.17, 15) is 14.0 Å². The molecule has 25 heavy (non-hydrogen) atoms. The first kappa shape index (κ1) is 18.6. The SMILES string of the molecule is CCCN(CCc1cccc(F)c1)C(=O)c1ccc(C(=O)O)c(C)n1. The van der Waals surface area contributed by atoms with Gasteiger partial charge in [0.2, 0.25) is 0 Å². The minimum atomic E-state index is -1.07. The average molecular weight is 344 g/mol. The number of hydrogen-bond acceptors (Lipinski definition) is 3. The van der Waals surface area contributed by atoms with Crippen molar-refractivity contribution in [1.29, 1.82) is 0 Å². The molecule has 0 spiro atoms. The number of pyridine rings is 1. The molecule has 2 rings (SSSR count). The molecule has 0 bridgehead atoms. The van der Waals surface area contributed by atoms with Gasteiger partial charge in [0.1, 0.15) is 11.5 Å². The van der Waals surface area contributed by atoms with Crippen LogP contribution >= 0.6 is 0 Å². The van der Waals surface area contributed by atoms with Crippen molar-refractivity contribution in [3.63, 3.8) is 0 Å². The maximum absolute atomic E-state index is 13.3. The number of benzene rings is 1. The number of amides is 1. The van der Waals surface area contributed by atoms with Gasteiger partial charge in [-0.3, -0.25) is 4.79 Å². The van der Waals surface area contributed by atoms with E-state index in [2.05, 4.69) is 4.98 Å². The summed E-state index contributed by atoms with van der Waals surface area (Å²) in [4.78, 5) is 29.6. The van der Waals surface area contributed by atoms with E-state index < -0.39 is 5.97 Å². The highest BCUT2D eigenvalue weighted by Crippen LogP contribution is 2.11. The Balaban J connectivity index is 2.14. The van der Waals surface area contributed by atoms with Crippen molar-refractivity contribution in [2.75, 3.05) is 13.1 Å². The summed E-state index contributed by atoms with van der Waals surface area (Å²) in [6.07, 6.45) is 1.32. The van der Waals surface area contributed by atoms with Crippen LogP contribution in [0, 0.1) is 12.7 Å². The van der Waals surface area contributed by atoms with Gasteiger partial charge in [-0.15, -0.1) is 0 Å². The largest absolute Gasteiger partial charge is 0.478 e. The van der Waals surface area contributed by atoms with Crippen molar-refractivity contribution in [2.45, 2.75) is 26.7 Å². The molecule has 0 saturated heterocycles. The third-order valence-corrected chi connectivity index (χ3v) is 3.88. The number of aromatic nitrogens is 1. The average Bonchev–Trinajstić information content (AvgIpc) is 2.57. The van der Waals surface area contributed by atoms with E-state index in [1.165, 1.54) is 24.3 Å². The Morgan fingerprint density at radius 1 is 1.20 bits per heavy atom. The minimum absolute atomic E-state index is 0.0818. The third-order valence-electron chi connectivity index (χ3n) is 3.88. The summed E-state index contributed by atoms with van der Waals surface area (Å²) in [7, 11) is 0. The fraction of sp³-hybridized carbons (Fsp3) is 0.316. The molecule has 132 valence electrons. The lowest BCUT2D eigenvalue weighted by Gasteiger charge is -2.22. The van der Waals surface area contributed by atoms with Gasteiger partial charge in [-0.25, -0.2) is 14.2 Å². The Hall–Kier alpha value is -2.76. The number of carbonyl (C=O) groups is 2. The predicted molar refractivity (Wildman–Crippen MR) is 92.2 cm³/mol. The highest BCUT2D eigenvalue weighted by molar-refractivity contribution is 5.94. The molecule has 0 aliphatic carbocycles. The van der Waals surface area contributed by atoms with E-state index in [-0.39, 0.29) is 23.0 Å². The van der Waals surface area contributed by atoms with Crippen LogP contribution in [-0.2, 0) is 6.42 Å². The molecule has 0 aliphatic heterocycles. The van der Waals surface area contributed by atoms with Crippen LogP contribution in [0.25, 0.3) is 0 Å². The second kappa shape index (κ2) is 8.37. The zero-order chi connectivity index (χ0) is 18.4. The first-order valence-corrected chi connectivity index (χ1v) is 8.17. The summed E-state index contributed by atoms with van der Waals surface area (Å²) in [6.45, 7) is 4.53. The molecule has 1 heterocycles. The van der Waals surface area contributed by atoms with Crippen LogP contribution in [0.5, 0.6) is 0 Å². The molecular weight excluding hydrogens is 323 g/mol. The number of aromatic carboxylic acids is 1. The van der Waals surface area contributed by atoms with Gasteiger partial charge in [0, 0.05) is 13.1 Å². The highest BCUT2D eigenvalue weighted by Gasteiger charge is 2.18. The molecule has 0 radical (unpaired) electrons. The number of carboxylic acid groups (broad SMARTS) is 1. The van der Waals surface area contributed by atoms with Crippen LogP contribution in [0.3, 0.4) is 0 Å². The lowest BCUT2D eigenvalue weighted by Crippen LogP contribution is -2.34. The van der Waals surface area contributed by atoms with Crippen molar-refractivity contribution in [2.24, 2.45) is 0 Å². The van der Waals surface area contributed by atoms with E-state index in [1.54, 1.807) is 17.9 Å². The smallest absolute Gasteiger partial charge is 0.337 e. The van der Waals surface area contributed by atoms with E-state index in [4.69, 9.17) is 5.11 Å². The third kappa shape index (κ3) is 4.86. The summed E-state index contributed by atoms with van der Waals surface area (Å²) in [5.74, 6) is -1.62. The summed E-state index contributed by atoms with van der Waals surface area (Å²) in [5.41, 5.74) is 1.42. The Morgan fingerprint density at radius 2 is 1.96 bits per heavy atom. The number of hydrogen-bond donors (Lipinski definition) is 1. The molecule has 0 unspecified atom stereocenters. The van der Waals surface area contributed by atoms with Gasteiger partial charge in [-0.2, -0.15) is 0 Å². The van der Waals surface area contributed by atoms with Crippen molar-refractivity contribution in [1.82, 2.24) is 9.88 Å². The minimum Gasteiger partial charge on any atom is -0.478 e. The number of rotatable bonds is 7. The quantitative estimate of drug-likeness (QED) is 0.836.